The number of nitrogens with two attached hydrogens (primary N) is 1. The normalized spacial score (nSPS) is 14.6. The Morgan fingerprint density at radius 1 is 1.43 bits per heavy atom. The quantitative estimate of drug-likeness (QED) is 0.663. The Hall–Kier alpha value is -0.130. The standard InChI is InChI=1S/C9H22N2O2S/c1-4-5-9(10)8-11(2)6-7-14(3,12)13/h9H,4-8,10H2,1-3H3. The highest BCUT2D eigenvalue weighted by atomic mass is 32.2. The van der Waals surface area contributed by atoms with Crippen molar-refractivity contribution >= 4 is 9.84 Å². The van der Waals surface area contributed by atoms with Gasteiger partial charge in [-0.2, -0.15) is 0 Å². The molecule has 2 N–H and O–H groups in total. The van der Waals surface area contributed by atoms with Gasteiger partial charge in [-0.25, -0.2) is 8.42 Å². The van der Waals surface area contributed by atoms with Crippen LogP contribution in [0.1, 0.15) is 19.8 Å². The second-order valence-corrected chi connectivity index (χ2v) is 6.20. The monoisotopic (exact) mass is 222 g/mol. The SMILES string of the molecule is CCCC(N)CN(C)CCS(C)(=O)=O. The van der Waals surface area contributed by atoms with Crippen LogP contribution in [-0.2, 0) is 9.84 Å². The zero-order valence-corrected chi connectivity index (χ0v) is 10.2. The van der Waals surface area contributed by atoms with E-state index in [2.05, 4.69) is 6.92 Å². The minimum atomic E-state index is -2.85. The number of likely N-dealkylation sites (N-methyl/N-ethyl adjacent to an activating group) is 1. The lowest BCUT2D eigenvalue weighted by Gasteiger charge is -2.20. The van der Waals surface area contributed by atoms with Crippen molar-refractivity contribution in [2.45, 2.75) is 25.8 Å². The Labute approximate surface area is 87.4 Å². The van der Waals surface area contributed by atoms with Gasteiger partial charge in [-0.1, -0.05) is 13.3 Å². The highest BCUT2D eigenvalue weighted by molar-refractivity contribution is 7.90. The van der Waals surface area contributed by atoms with Gasteiger partial charge < -0.3 is 10.6 Å². The van der Waals surface area contributed by atoms with Crippen molar-refractivity contribution in [2.75, 3.05) is 32.1 Å². The number of rotatable bonds is 7. The third-order valence-electron chi connectivity index (χ3n) is 2.05. The molecule has 5 heteroatoms. The first-order chi connectivity index (χ1) is 6.35. The second kappa shape index (κ2) is 6.37. The van der Waals surface area contributed by atoms with Crippen LogP contribution in [0.4, 0.5) is 0 Å². The average molecular weight is 222 g/mol. The van der Waals surface area contributed by atoms with E-state index in [1.54, 1.807) is 0 Å². The van der Waals surface area contributed by atoms with Crippen LogP contribution in [0.5, 0.6) is 0 Å². The van der Waals surface area contributed by atoms with Gasteiger partial charge in [0, 0.05) is 25.4 Å². The largest absolute Gasteiger partial charge is 0.327 e. The van der Waals surface area contributed by atoms with Gasteiger partial charge in [0.25, 0.3) is 0 Å². The lowest BCUT2D eigenvalue weighted by atomic mass is 10.2. The smallest absolute Gasteiger partial charge is 0.148 e. The van der Waals surface area contributed by atoms with Crippen LogP contribution in [0.25, 0.3) is 0 Å². The molecule has 0 aromatic heterocycles. The van der Waals surface area contributed by atoms with Crippen molar-refractivity contribution < 1.29 is 8.42 Å². The Balaban J connectivity index is 3.70. The van der Waals surface area contributed by atoms with Crippen molar-refractivity contribution in [1.29, 1.82) is 0 Å². The minimum absolute atomic E-state index is 0.157. The van der Waals surface area contributed by atoms with Crippen molar-refractivity contribution in [3.8, 4) is 0 Å². The minimum Gasteiger partial charge on any atom is -0.327 e. The van der Waals surface area contributed by atoms with Crippen LogP contribution in [0, 0.1) is 0 Å². The number of sulfone groups is 1. The van der Waals surface area contributed by atoms with Crippen LogP contribution in [0.3, 0.4) is 0 Å². The molecule has 0 aliphatic rings. The van der Waals surface area contributed by atoms with Gasteiger partial charge >= 0.3 is 0 Å². The lowest BCUT2D eigenvalue weighted by Crippen LogP contribution is -2.37. The number of nitrogens with zero attached hydrogens (tertiary/aromatic N) is 1. The number of hydrogen-bond donors (Lipinski definition) is 1. The molecule has 0 amide bonds. The molecule has 86 valence electrons. The molecular weight excluding hydrogens is 200 g/mol. The van der Waals surface area contributed by atoms with Crippen LogP contribution >= 0.6 is 0 Å². The first-order valence-electron chi connectivity index (χ1n) is 4.97. The van der Waals surface area contributed by atoms with E-state index < -0.39 is 9.84 Å². The maximum atomic E-state index is 10.9. The van der Waals surface area contributed by atoms with Gasteiger partial charge in [0.2, 0.25) is 0 Å². The summed E-state index contributed by atoms with van der Waals surface area (Å²) in [5.74, 6) is 0.211. The molecule has 0 saturated carbocycles. The summed E-state index contributed by atoms with van der Waals surface area (Å²) in [6, 6.07) is 0.157. The Kier molecular flexibility index (Phi) is 6.31. The molecule has 0 rings (SSSR count). The maximum Gasteiger partial charge on any atom is 0.148 e. The van der Waals surface area contributed by atoms with Gasteiger partial charge in [-0.05, 0) is 13.5 Å². The van der Waals surface area contributed by atoms with E-state index in [1.807, 2.05) is 11.9 Å². The number of hydrogen-bond acceptors (Lipinski definition) is 4. The Morgan fingerprint density at radius 2 is 2.00 bits per heavy atom. The summed E-state index contributed by atoms with van der Waals surface area (Å²) >= 11 is 0. The van der Waals surface area contributed by atoms with Gasteiger partial charge in [0.1, 0.15) is 9.84 Å². The van der Waals surface area contributed by atoms with E-state index in [9.17, 15) is 8.42 Å². The Morgan fingerprint density at radius 3 is 2.43 bits per heavy atom. The highest BCUT2D eigenvalue weighted by Gasteiger charge is 2.08. The summed E-state index contributed by atoms with van der Waals surface area (Å²) in [5.41, 5.74) is 5.83. The van der Waals surface area contributed by atoms with E-state index in [-0.39, 0.29) is 11.8 Å². The summed E-state index contributed by atoms with van der Waals surface area (Å²) in [7, 11) is -0.946. The highest BCUT2D eigenvalue weighted by Crippen LogP contribution is 1.96. The fourth-order valence-electron chi connectivity index (χ4n) is 1.28. The summed E-state index contributed by atoms with van der Waals surface area (Å²) in [4.78, 5) is 1.97. The molecule has 14 heavy (non-hydrogen) atoms. The van der Waals surface area contributed by atoms with Crippen molar-refractivity contribution in [2.24, 2.45) is 5.73 Å². The predicted molar refractivity (Wildman–Crippen MR) is 60.1 cm³/mol. The van der Waals surface area contributed by atoms with Gasteiger partial charge in [0.15, 0.2) is 0 Å². The molecule has 0 heterocycles. The van der Waals surface area contributed by atoms with E-state index in [1.165, 1.54) is 6.26 Å². The zero-order valence-electron chi connectivity index (χ0n) is 9.36. The van der Waals surface area contributed by atoms with Gasteiger partial charge in [-0.15, -0.1) is 0 Å². The second-order valence-electron chi connectivity index (χ2n) is 3.94. The van der Waals surface area contributed by atoms with Crippen molar-refractivity contribution in [3.05, 3.63) is 0 Å². The molecule has 4 nitrogen and oxygen atoms in total. The van der Waals surface area contributed by atoms with Crippen LogP contribution < -0.4 is 5.73 Å². The van der Waals surface area contributed by atoms with Crippen LogP contribution in [0.2, 0.25) is 0 Å². The average Bonchev–Trinajstić information content (AvgIpc) is 2.00. The van der Waals surface area contributed by atoms with Crippen LogP contribution in [-0.4, -0.2) is 51.5 Å². The zero-order chi connectivity index (χ0) is 11.2. The summed E-state index contributed by atoms with van der Waals surface area (Å²) in [6.45, 7) is 3.43. The van der Waals surface area contributed by atoms with Crippen LogP contribution in [0.15, 0.2) is 0 Å². The van der Waals surface area contributed by atoms with E-state index in [0.717, 1.165) is 19.4 Å². The summed E-state index contributed by atoms with van der Waals surface area (Å²) < 4.78 is 21.8. The molecule has 0 bridgehead atoms. The Bertz CT molecular complexity index is 239. The van der Waals surface area contributed by atoms with Gasteiger partial charge in [0.05, 0.1) is 5.75 Å². The van der Waals surface area contributed by atoms with E-state index >= 15 is 0 Å². The molecule has 0 aromatic rings. The topological polar surface area (TPSA) is 63.4 Å². The lowest BCUT2D eigenvalue weighted by molar-refractivity contribution is 0.319. The predicted octanol–water partition coefficient (Wildman–Crippen LogP) is 0.0902. The molecule has 0 fully saturated rings. The fourth-order valence-corrected chi connectivity index (χ4v) is 1.92. The molecule has 0 radical (unpaired) electrons. The first kappa shape index (κ1) is 13.9. The van der Waals surface area contributed by atoms with E-state index in [4.69, 9.17) is 5.73 Å². The first-order valence-corrected chi connectivity index (χ1v) is 7.03. The van der Waals surface area contributed by atoms with Crippen molar-refractivity contribution in [3.63, 3.8) is 0 Å². The molecule has 0 saturated heterocycles. The molecule has 1 unspecified atom stereocenters. The molecule has 0 aliphatic carbocycles. The third kappa shape index (κ3) is 8.47. The molecular formula is C9H22N2O2S. The molecule has 1 atom stereocenters. The summed E-state index contributed by atoms with van der Waals surface area (Å²) in [6.07, 6.45) is 3.32. The fraction of sp³-hybridized carbons (Fsp3) is 1.00. The van der Waals surface area contributed by atoms with Gasteiger partial charge in [-0.3, -0.25) is 0 Å². The molecule has 0 spiro atoms. The van der Waals surface area contributed by atoms with E-state index in [0.29, 0.717) is 6.54 Å². The molecule has 0 aliphatic heterocycles. The van der Waals surface area contributed by atoms with Crippen molar-refractivity contribution in [1.82, 2.24) is 4.90 Å². The maximum absolute atomic E-state index is 10.9. The summed E-state index contributed by atoms with van der Waals surface area (Å²) in [5, 5.41) is 0. The third-order valence-corrected chi connectivity index (χ3v) is 2.97. The molecule has 0 aromatic carbocycles.